The van der Waals surface area contributed by atoms with Gasteiger partial charge in [-0.2, -0.15) is 0 Å². The molecule has 5 heteroatoms. The van der Waals surface area contributed by atoms with E-state index in [-0.39, 0.29) is 12.7 Å². The van der Waals surface area contributed by atoms with Crippen LogP contribution in [-0.2, 0) is 4.74 Å². The molecule has 1 aromatic carbocycles. The largest absolute Gasteiger partial charge is 0.496 e. The van der Waals surface area contributed by atoms with Crippen LogP contribution in [-0.4, -0.2) is 44.9 Å². The predicted molar refractivity (Wildman–Crippen MR) is 72.7 cm³/mol. The summed E-state index contributed by atoms with van der Waals surface area (Å²) in [5.74, 6) is 0.872. The van der Waals surface area contributed by atoms with Crippen LogP contribution in [0.1, 0.15) is 24.2 Å². The Hall–Kier alpha value is -1.75. The van der Waals surface area contributed by atoms with E-state index in [9.17, 15) is 4.79 Å². The molecular formula is C14H21NO4. The maximum absolute atomic E-state index is 12.5. The van der Waals surface area contributed by atoms with Crippen LogP contribution in [0.4, 0.5) is 0 Å². The van der Waals surface area contributed by atoms with Gasteiger partial charge < -0.3 is 19.1 Å². The smallest absolute Gasteiger partial charge is 0.261 e. The first-order valence-corrected chi connectivity index (χ1v) is 6.27. The van der Waals surface area contributed by atoms with Crippen molar-refractivity contribution in [2.45, 2.75) is 13.8 Å². The maximum atomic E-state index is 12.5. The van der Waals surface area contributed by atoms with E-state index in [1.54, 1.807) is 23.1 Å². The highest BCUT2D eigenvalue weighted by atomic mass is 16.7. The van der Waals surface area contributed by atoms with E-state index in [1.807, 2.05) is 13.8 Å². The van der Waals surface area contributed by atoms with E-state index < -0.39 is 0 Å². The Morgan fingerprint density at radius 2 is 1.79 bits per heavy atom. The molecule has 0 saturated carbocycles. The summed E-state index contributed by atoms with van der Waals surface area (Å²) in [6.45, 7) is 5.24. The third-order valence-electron chi connectivity index (χ3n) is 2.80. The fourth-order valence-corrected chi connectivity index (χ4v) is 1.80. The van der Waals surface area contributed by atoms with E-state index in [1.165, 1.54) is 14.2 Å². The fraction of sp³-hybridized carbons (Fsp3) is 0.500. The molecule has 0 radical (unpaired) electrons. The Morgan fingerprint density at radius 1 is 1.16 bits per heavy atom. The van der Waals surface area contributed by atoms with Gasteiger partial charge in [0.25, 0.3) is 5.91 Å². The number of amides is 1. The Labute approximate surface area is 114 Å². The van der Waals surface area contributed by atoms with Crippen molar-refractivity contribution >= 4 is 5.91 Å². The van der Waals surface area contributed by atoms with Gasteiger partial charge in [-0.25, -0.2) is 0 Å². The third-order valence-corrected chi connectivity index (χ3v) is 2.80. The van der Waals surface area contributed by atoms with E-state index in [0.717, 1.165) is 0 Å². The van der Waals surface area contributed by atoms with Gasteiger partial charge in [0, 0.05) is 20.2 Å². The number of rotatable bonds is 7. The number of benzene rings is 1. The second-order valence-electron chi connectivity index (χ2n) is 3.86. The van der Waals surface area contributed by atoms with Gasteiger partial charge in [0.2, 0.25) is 0 Å². The van der Waals surface area contributed by atoms with Crippen LogP contribution in [0.25, 0.3) is 0 Å². The number of ether oxygens (including phenoxy) is 3. The van der Waals surface area contributed by atoms with Gasteiger partial charge in [0.15, 0.2) is 6.79 Å². The van der Waals surface area contributed by atoms with Crippen LogP contribution in [0.5, 0.6) is 11.5 Å². The van der Waals surface area contributed by atoms with Crippen molar-refractivity contribution in [3.63, 3.8) is 0 Å². The SMILES string of the molecule is CCN(CC)C(=O)c1c(OC)cccc1OCOC. The molecule has 0 aromatic heterocycles. The van der Waals surface area contributed by atoms with Crippen molar-refractivity contribution in [3.8, 4) is 11.5 Å². The van der Waals surface area contributed by atoms with Crippen LogP contribution >= 0.6 is 0 Å². The lowest BCUT2D eigenvalue weighted by atomic mass is 10.1. The number of carbonyl (C=O) groups is 1. The number of methoxy groups -OCH3 is 2. The van der Waals surface area contributed by atoms with E-state index in [4.69, 9.17) is 14.2 Å². The lowest BCUT2D eigenvalue weighted by Gasteiger charge is -2.21. The van der Waals surface area contributed by atoms with Gasteiger partial charge in [-0.3, -0.25) is 4.79 Å². The van der Waals surface area contributed by atoms with Crippen molar-refractivity contribution in [1.29, 1.82) is 0 Å². The molecule has 0 spiro atoms. The molecule has 0 aliphatic rings. The van der Waals surface area contributed by atoms with Gasteiger partial charge in [0.05, 0.1) is 7.11 Å². The molecule has 0 aliphatic heterocycles. The van der Waals surface area contributed by atoms with Crippen molar-refractivity contribution < 1.29 is 19.0 Å². The minimum absolute atomic E-state index is 0.0890. The predicted octanol–water partition coefficient (Wildman–Crippen LogP) is 2.16. The van der Waals surface area contributed by atoms with Gasteiger partial charge in [-0.05, 0) is 26.0 Å². The van der Waals surface area contributed by atoms with E-state index in [2.05, 4.69) is 0 Å². The molecule has 1 aromatic rings. The third kappa shape index (κ3) is 3.61. The lowest BCUT2D eigenvalue weighted by Crippen LogP contribution is -2.31. The molecule has 0 aliphatic carbocycles. The molecule has 0 fully saturated rings. The summed E-state index contributed by atoms with van der Waals surface area (Å²) in [6, 6.07) is 5.26. The van der Waals surface area contributed by atoms with Crippen LogP contribution in [0, 0.1) is 0 Å². The molecule has 0 saturated heterocycles. The summed E-state index contributed by atoms with van der Waals surface area (Å²) in [7, 11) is 3.07. The molecule has 0 atom stereocenters. The second-order valence-corrected chi connectivity index (χ2v) is 3.86. The van der Waals surface area contributed by atoms with E-state index in [0.29, 0.717) is 30.2 Å². The van der Waals surface area contributed by atoms with E-state index >= 15 is 0 Å². The first kappa shape index (κ1) is 15.3. The van der Waals surface area contributed by atoms with Crippen LogP contribution in [0.15, 0.2) is 18.2 Å². The topological polar surface area (TPSA) is 48.0 Å². The quantitative estimate of drug-likeness (QED) is 0.710. The molecule has 106 valence electrons. The first-order chi connectivity index (χ1) is 9.19. The molecular weight excluding hydrogens is 246 g/mol. The molecule has 0 heterocycles. The minimum Gasteiger partial charge on any atom is -0.496 e. The summed E-state index contributed by atoms with van der Waals surface area (Å²) in [6.07, 6.45) is 0. The molecule has 0 unspecified atom stereocenters. The summed E-state index contributed by atoms with van der Waals surface area (Å²) < 4.78 is 15.6. The van der Waals surface area contributed by atoms with Crippen molar-refractivity contribution in [3.05, 3.63) is 23.8 Å². The van der Waals surface area contributed by atoms with Crippen LogP contribution < -0.4 is 9.47 Å². The molecule has 1 amide bonds. The van der Waals surface area contributed by atoms with Crippen molar-refractivity contribution in [2.24, 2.45) is 0 Å². The number of hydrogen-bond donors (Lipinski definition) is 0. The zero-order valence-corrected chi connectivity index (χ0v) is 11.9. The van der Waals surface area contributed by atoms with Gasteiger partial charge in [0.1, 0.15) is 17.1 Å². The molecule has 0 N–H and O–H groups in total. The summed E-state index contributed by atoms with van der Waals surface area (Å²) >= 11 is 0. The van der Waals surface area contributed by atoms with Crippen LogP contribution in [0.2, 0.25) is 0 Å². The highest BCUT2D eigenvalue weighted by Crippen LogP contribution is 2.29. The molecule has 5 nitrogen and oxygen atoms in total. The highest BCUT2D eigenvalue weighted by Gasteiger charge is 2.22. The fourth-order valence-electron chi connectivity index (χ4n) is 1.80. The Kier molecular flexibility index (Phi) is 6.15. The van der Waals surface area contributed by atoms with Gasteiger partial charge in [-0.1, -0.05) is 6.07 Å². The normalized spacial score (nSPS) is 10.1. The highest BCUT2D eigenvalue weighted by molar-refractivity contribution is 5.99. The monoisotopic (exact) mass is 267 g/mol. The number of hydrogen-bond acceptors (Lipinski definition) is 4. The minimum atomic E-state index is -0.103. The van der Waals surface area contributed by atoms with Gasteiger partial charge in [-0.15, -0.1) is 0 Å². The van der Waals surface area contributed by atoms with Gasteiger partial charge >= 0.3 is 0 Å². The Morgan fingerprint density at radius 3 is 2.32 bits per heavy atom. The summed E-state index contributed by atoms with van der Waals surface area (Å²) in [5, 5.41) is 0. The summed E-state index contributed by atoms with van der Waals surface area (Å²) in [4.78, 5) is 14.2. The molecule has 1 rings (SSSR count). The number of carbonyl (C=O) groups excluding carboxylic acids is 1. The average Bonchev–Trinajstić information content (AvgIpc) is 2.45. The second kappa shape index (κ2) is 7.63. The average molecular weight is 267 g/mol. The zero-order chi connectivity index (χ0) is 14.3. The van der Waals surface area contributed by atoms with Crippen molar-refractivity contribution in [1.82, 2.24) is 4.90 Å². The standard InChI is InChI=1S/C14H21NO4/c1-5-15(6-2)14(16)13-11(18-4)8-7-9-12(13)19-10-17-3/h7-9H,5-6,10H2,1-4H3. The molecule has 19 heavy (non-hydrogen) atoms. The first-order valence-electron chi connectivity index (χ1n) is 6.27. The lowest BCUT2D eigenvalue weighted by molar-refractivity contribution is 0.0489. The molecule has 0 bridgehead atoms. The zero-order valence-electron chi connectivity index (χ0n) is 11.9. The number of nitrogens with zero attached hydrogens (tertiary/aromatic N) is 1. The Balaban J connectivity index is 3.16. The van der Waals surface area contributed by atoms with Crippen molar-refractivity contribution in [2.75, 3.05) is 34.1 Å². The van der Waals surface area contributed by atoms with Crippen LogP contribution in [0.3, 0.4) is 0 Å². The Bertz CT molecular complexity index is 416. The maximum Gasteiger partial charge on any atom is 0.261 e. The summed E-state index contributed by atoms with van der Waals surface area (Å²) in [5.41, 5.74) is 0.436.